The topological polar surface area (TPSA) is 53.1 Å². The Labute approximate surface area is 221 Å². The maximum atomic E-state index is 13.6. The van der Waals surface area contributed by atoms with Crippen molar-refractivity contribution in [1.82, 2.24) is 14.7 Å². The summed E-state index contributed by atoms with van der Waals surface area (Å²) in [6.45, 7) is 4.81. The van der Waals surface area contributed by atoms with Gasteiger partial charge >= 0.3 is 0 Å². The Bertz CT molecular complexity index is 1150. The molecule has 2 heterocycles. The number of hydrogen-bond donors (Lipinski definition) is 0. The monoisotopic (exact) mass is 521 g/mol. The van der Waals surface area contributed by atoms with Gasteiger partial charge in [-0.3, -0.25) is 14.5 Å². The largest absolute Gasteiger partial charge is 0.379 e. The number of halogens is 1. The molecule has 37 heavy (non-hydrogen) atoms. The number of amides is 2. The van der Waals surface area contributed by atoms with Crippen LogP contribution in [0.25, 0.3) is 6.08 Å². The highest BCUT2D eigenvalue weighted by molar-refractivity contribution is 7.09. The molecule has 6 nitrogen and oxygen atoms in total. The van der Waals surface area contributed by atoms with Gasteiger partial charge in [-0.15, -0.1) is 11.3 Å². The van der Waals surface area contributed by atoms with Gasteiger partial charge < -0.3 is 14.5 Å². The molecule has 0 N–H and O–H groups in total. The predicted octanol–water partition coefficient (Wildman–Crippen LogP) is 4.29. The standard InChI is InChI=1S/C29H32FN3O3S/c30-26-11-8-25(9-12-26)21-33(22-27-7-4-20-37-27)29(35)23-32(15-14-31-16-18-36-19-17-31)28(34)13-10-24-5-2-1-3-6-24/h1-13,20H,14-19,21-23H2. The Morgan fingerprint density at radius 2 is 1.70 bits per heavy atom. The minimum absolute atomic E-state index is 0.0329. The van der Waals surface area contributed by atoms with Crippen LogP contribution in [0.4, 0.5) is 4.39 Å². The van der Waals surface area contributed by atoms with Gasteiger partial charge in [0.1, 0.15) is 12.4 Å². The molecule has 0 radical (unpaired) electrons. The van der Waals surface area contributed by atoms with Crippen molar-refractivity contribution in [2.45, 2.75) is 13.1 Å². The fourth-order valence-electron chi connectivity index (χ4n) is 4.09. The van der Waals surface area contributed by atoms with Crippen molar-refractivity contribution in [2.75, 3.05) is 45.9 Å². The van der Waals surface area contributed by atoms with E-state index in [0.717, 1.165) is 29.1 Å². The second kappa shape index (κ2) is 13.8. The predicted molar refractivity (Wildman–Crippen MR) is 144 cm³/mol. The van der Waals surface area contributed by atoms with Gasteiger partial charge in [-0.1, -0.05) is 48.5 Å². The van der Waals surface area contributed by atoms with Gasteiger partial charge in [0, 0.05) is 43.7 Å². The molecule has 1 aliphatic rings. The summed E-state index contributed by atoms with van der Waals surface area (Å²) in [5, 5.41) is 1.97. The average molecular weight is 522 g/mol. The van der Waals surface area contributed by atoms with Crippen LogP contribution < -0.4 is 0 Å². The van der Waals surface area contributed by atoms with Gasteiger partial charge in [0.15, 0.2) is 0 Å². The highest BCUT2D eigenvalue weighted by Crippen LogP contribution is 2.16. The van der Waals surface area contributed by atoms with Gasteiger partial charge in [-0.2, -0.15) is 0 Å². The van der Waals surface area contributed by atoms with E-state index in [1.54, 1.807) is 39.3 Å². The third-order valence-electron chi connectivity index (χ3n) is 6.21. The van der Waals surface area contributed by atoms with Gasteiger partial charge in [-0.25, -0.2) is 4.39 Å². The Hall–Kier alpha value is -3.33. The van der Waals surface area contributed by atoms with E-state index < -0.39 is 0 Å². The van der Waals surface area contributed by atoms with E-state index >= 15 is 0 Å². The van der Waals surface area contributed by atoms with Crippen molar-refractivity contribution in [3.63, 3.8) is 0 Å². The summed E-state index contributed by atoms with van der Waals surface area (Å²) in [4.78, 5) is 33.5. The summed E-state index contributed by atoms with van der Waals surface area (Å²) in [6.07, 6.45) is 3.31. The molecule has 0 bridgehead atoms. The number of ether oxygens (including phenoxy) is 1. The molecule has 194 valence electrons. The average Bonchev–Trinajstić information content (AvgIpc) is 3.45. The molecule has 4 rings (SSSR count). The minimum Gasteiger partial charge on any atom is -0.379 e. The van der Waals surface area contributed by atoms with Crippen LogP contribution in [0, 0.1) is 5.82 Å². The summed E-state index contributed by atoms with van der Waals surface area (Å²) in [6, 6.07) is 19.7. The van der Waals surface area contributed by atoms with Crippen molar-refractivity contribution < 1.29 is 18.7 Å². The number of carbonyl (C=O) groups excluding carboxylic acids is 2. The first-order valence-corrected chi connectivity index (χ1v) is 13.3. The third kappa shape index (κ3) is 8.63. The van der Waals surface area contributed by atoms with Gasteiger partial charge in [0.05, 0.1) is 19.8 Å². The van der Waals surface area contributed by atoms with Crippen molar-refractivity contribution >= 4 is 29.2 Å². The summed E-state index contributed by atoms with van der Waals surface area (Å²) < 4.78 is 18.9. The first-order valence-electron chi connectivity index (χ1n) is 12.4. The third-order valence-corrected chi connectivity index (χ3v) is 7.07. The Morgan fingerprint density at radius 1 is 0.946 bits per heavy atom. The molecule has 3 aromatic rings. The summed E-state index contributed by atoms with van der Waals surface area (Å²) in [7, 11) is 0. The normalized spacial score (nSPS) is 14.1. The molecule has 2 amide bonds. The summed E-state index contributed by atoms with van der Waals surface area (Å²) in [5.74, 6) is -0.672. The number of thiophene rings is 1. The Morgan fingerprint density at radius 3 is 2.41 bits per heavy atom. The van der Waals surface area contributed by atoms with E-state index in [2.05, 4.69) is 4.90 Å². The lowest BCUT2D eigenvalue weighted by Crippen LogP contribution is -2.46. The van der Waals surface area contributed by atoms with Crippen molar-refractivity contribution in [2.24, 2.45) is 0 Å². The maximum absolute atomic E-state index is 13.6. The molecular weight excluding hydrogens is 489 g/mol. The fraction of sp³-hybridized carbons (Fsp3) is 0.310. The minimum atomic E-state index is -0.315. The molecule has 0 atom stereocenters. The number of rotatable bonds is 11. The molecule has 0 spiro atoms. The number of benzene rings is 2. The van der Waals surface area contributed by atoms with E-state index in [-0.39, 0.29) is 24.2 Å². The molecule has 1 fully saturated rings. The molecule has 1 saturated heterocycles. The molecule has 0 unspecified atom stereocenters. The van der Waals surface area contributed by atoms with Crippen LogP contribution in [-0.4, -0.2) is 72.5 Å². The molecule has 0 aliphatic carbocycles. The molecule has 1 aromatic heterocycles. The quantitative estimate of drug-likeness (QED) is 0.354. The first kappa shape index (κ1) is 26.7. The highest BCUT2D eigenvalue weighted by atomic mass is 32.1. The number of carbonyl (C=O) groups is 2. The van der Waals surface area contributed by atoms with Crippen molar-refractivity contribution in [3.8, 4) is 0 Å². The lowest BCUT2D eigenvalue weighted by Gasteiger charge is -2.31. The van der Waals surface area contributed by atoms with Crippen LogP contribution in [0.15, 0.2) is 78.2 Å². The van der Waals surface area contributed by atoms with Crippen molar-refractivity contribution in [3.05, 3.63) is 100 Å². The van der Waals surface area contributed by atoms with E-state index in [1.165, 1.54) is 18.2 Å². The molecule has 8 heteroatoms. The lowest BCUT2D eigenvalue weighted by molar-refractivity contribution is -0.139. The molecule has 2 aromatic carbocycles. The number of morpholine rings is 1. The van der Waals surface area contributed by atoms with Crippen LogP contribution in [0.2, 0.25) is 0 Å². The molecular formula is C29H32FN3O3S. The van der Waals surface area contributed by atoms with E-state index in [0.29, 0.717) is 39.4 Å². The van der Waals surface area contributed by atoms with Crippen LogP contribution in [0.5, 0.6) is 0 Å². The first-order chi connectivity index (χ1) is 18.1. The van der Waals surface area contributed by atoms with Gasteiger partial charge in [0.25, 0.3) is 0 Å². The van der Waals surface area contributed by atoms with E-state index in [4.69, 9.17) is 4.74 Å². The van der Waals surface area contributed by atoms with E-state index in [9.17, 15) is 14.0 Å². The zero-order valence-corrected chi connectivity index (χ0v) is 21.6. The number of nitrogens with zero attached hydrogens (tertiary/aromatic N) is 3. The smallest absolute Gasteiger partial charge is 0.247 e. The van der Waals surface area contributed by atoms with Gasteiger partial charge in [0.2, 0.25) is 11.8 Å². The van der Waals surface area contributed by atoms with Crippen molar-refractivity contribution in [1.29, 1.82) is 0 Å². The number of hydrogen-bond acceptors (Lipinski definition) is 5. The zero-order chi connectivity index (χ0) is 25.9. The second-order valence-electron chi connectivity index (χ2n) is 8.91. The van der Waals surface area contributed by atoms with Crippen LogP contribution >= 0.6 is 11.3 Å². The second-order valence-corrected chi connectivity index (χ2v) is 9.95. The van der Waals surface area contributed by atoms with Crippen LogP contribution in [0.1, 0.15) is 16.0 Å². The van der Waals surface area contributed by atoms with Gasteiger partial charge in [-0.05, 0) is 40.8 Å². The maximum Gasteiger partial charge on any atom is 0.247 e. The van der Waals surface area contributed by atoms with Crippen LogP contribution in [-0.2, 0) is 27.4 Å². The fourth-order valence-corrected chi connectivity index (χ4v) is 4.81. The molecule has 1 aliphatic heterocycles. The Kier molecular flexibility index (Phi) is 9.99. The zero-order valence-electron chi connectivity index (χ0n) is 20.8. The molecule has 0 saturated carbocycles. The highest BCUT2D eigenvalue weighted by Gasteiger charge is 2.22. The lowest BCUT2D eigenvalue weighted by atomic mass is 10.2. The summed E-state index contributed by atoms with van der Waals surface area (Å²) in [5.41, 5.74) is 1.76. The SMILES string of the molecule is O=C(C=Cc1ccccc1)N(CCN1CCOCC1)CC(=O)N(Cc1ccc(F)cc1)Cc1cccs1. The van der Waals surface area contributed by atoms with E-state index in [1.807, 2.05) is 47.8 Å². The summed E-state index contributed by atoms with van der Waals surface area (Å²) >= 11 is 1.58. The Balaban J connectivity index is 1.48. The van der Waals surface area contributed by atoms with Crippen LogP contribution in [0.3, 0.4) is 0 Å².